The summed E-state index contributed by atoms with van der Waals surface area (Å²) in [5.74, 6) is -0.367. The molecule has 0 radical (unpaired) electrons. The number of hydrogen-bond acceptors (Lipinski definition) is 3. The Bertz CT molecular complexity index is 1160. The van der Waals surface area contributed by atoms with E-state index in [1.165, 1.54) is 4.31 Å². The topological polar surface area (TPSA) is 66.5 Å². The Kier molecular flexibility index (Phi) is 6.81. The molecule has 0 heterocycles. The van der Waals surface area contributed by atoms with Gasteiger partial charge in [-0.3, -0.25) is 9.10 Å². The van der Waals surface area contributed by atoms with Gasteiger partial charge < -0.3 is 5.32 Å². The summed E-state index contributed by atoms with van der Waals surface area (Å²) < 4.78 is 28.1. The summed E-state index contributed by atoms with van der Waals surface area (Å²) in [4.78, 5) is 13.1. The number of anilines is 1. The number of aryl methyl sites for hydroxylation is 3. The second-order valence-electron chi connectivity index (χ2n) is 7.81. The van der Waals surface area contributed by atoms with Crippen molar-refractivity contribution in [2.75, 3.05) is 10.8 Å². The summed E-state index contributed by atoms with van der Waals surface area (Å²) in [7, 11) is -3.92. The smallest absolute Gasteiger partial charge is 0.264 e. The Morgan fingerprint density at radius 2 is 1.52 bits per heavy atom. The van der Waals surface area contributed by atoms with Crippen molar-refractivity contribution < 1.29 is 13.2 Å². The number of amides is 1. The summed E-state index contributed by atoms with van der Waals surface area (Å²) in [5, 5.41) is 2.93. The minimum absolute atomic E-state index is 0.148. The van der Waals surface area contributed by atoms with Gasteiger partial charge in [-0.2, -0.15) is 0 Å². The number of nitrogens with zero attached hydrogens (tertiary/aromatic N) is 1. The fourth-order valence-electron chi connectivity index (χ4n) is 3.36. The molecule has 0 aliphatic rings. The van der Waals surface area contributed by atoms with E-state index >= 15 is 0 Å². The van der Waals surface area contributed by atoms with Gasteiger partial charge in [0, 0.05) is 0 Å². The summed E-state index contributed by atoms with van der Waals surface area (Å²) in [6.45, 7) is 7.32. The minimum atomic E-state index is -3.92. The molecule has 0 saturated carbocycles. The first-order valence-corrected chi connectivity index (χ1v) is 11.6. The predicted octanol–water partition coefficient (Wildman–Crippen LogP) is 4.68. The Balaban J connectivity index is 1.92. The van der Waals surface area contributed by atoms with Crippen molar-refractivity contribution in [3.63, 3.8) is 0 Å². The quantitative estimate of drug-likeness (QED) is 0.585. The molecule has 0 aliphatic heterocycles. The van der Waals surface area contributed by atoms with Gasteiger partial charge in [-0.25, -0.2) is 8.42 Å². The lowest BCUT2D eigenvalue weighted by Gasteiger charge is -2.27. The Morgan fingerprint density at radius 1 is 0.903 bits per heavy atom. The third-order valence-electron chi connectivity index (χ3n) is 5.21. The summed E-state index contributed by atoms with van der Waals surface area (Å²) in [5.41, 5.74) is 4.30. The Morgan fingerprint density at radius 3 is 2.16 bits per heavy atom. The molecule has 0 fully saturated rings. The van der Waals surface area contributed by atoms with E-state index in [4.69, 9.17) is 0 Å². The first-order valence-electron chi connectivity index (χ1n) is 10.2. The lowest BCUT2D eigenvalue weighted by molar-refractivity contribution is -0.120. The standard InChI is InChI=1S/C25H28N2O3S/c1-18-11-14-22(15-12-18)21(4)26-25(28)17-27(24-16-19(2)10-13-20(24)3)31(29,30)23-8-6-5-7-9-23/h5-16,21H,17H2,1-4H3,(H,26,28)/t21-/m0/s1. The molecular weight excluding hydrogens is 408 g/mol. The molecule has 0 saturated heterocycles. The zero-order valence-corrected chi connectivity index (χ0v) is 19.1. The van der Waals surface area contributed by atoms with Gasteiger partial charge in [-0.15, -0.1) is 0 Å². The number of carbonyl (C=O) groups excluding carboxylic acids is 1. The monoisotopic (exact) mass is 436 g/mol. The third kappa shape index (κ3) is 5.33. The molecule has 0 aliphatic carbocycles. The van der Waals surface area contributed by atoms with Crippen LogP contribution in [0.2, 0.25) is 0 Å². The van der Waals surface area contributed by atoms with Gasteiger partial charge in [0.05, 0.1) is 16.6 Å². The van der Waals surface area contributed by atoms with E-state index in [2.05, 4.69) is 5.32 Å². The van der Waals surface area contributed by atoms with Crippen LogP contribution in [0.3, 0.4) is 0 Å². The normalized spacial score (nSPS) is 12.3. The van der Waals surface area contributed by atoms with E-state index in [1.807, 2.05) is 64.1 Å². The largest absolute Gasteiger partial charge is 0.348 e. The van der Waals surface area contributed by atoms with Crippen molar-refractivity contribution in [3.8, 4) is 0 Å². The SMILES string of the molecule is Cc1ccc([C@H](C)NC(=O)CN(c2cc(C)ccc2C)S(=O)(=O)c2ccccc2)cc1. The van der Waals surface area contributed by atoms with E-state index in [0.717, 1.165) is 22.3 Å². The molecule has 0 unspecified atom stereocenters. The molecule has 0 aromatic heterocycles. The van der Waals surface area contributed by atoms with Crippen molar-refractivity contribution in [1.82, 2.24) is 5.32 Å². The molecule has 3 aromatic carbocycles. The van der Waals surface area contributed by atoms with E-state index in [0.29, 0.717) is 5.69 Å². The van der Waals surface area contributed by atoms with Gasteiger partial charge in [-0.1, -0.05) is 60.2 Å². The molecule has 3 rings (SSSR count). The van der Waals surface area contributed by atoms with Crippen molar-refractivity contribution in [2.24, 2.45) is 0 Å². The zero-order valence-electron chi connectivity index (χ0n) is 18.3. The maximum absolute atomic E-state index is 13.5. The number of carbonyl (C=O) groups is 1. The minimum Gasteiger partial charge on any atom is -0.348 e. The third-order valence-corrected chi connectivity index (χ3v) is 6.98. The number of nitrogens with one attached hydrogen (secondary N) is 1. The van der Waals surface area contributed by atoms with Crippen LogP contribution in [-0.2, 0) is 14.8 Å². The number of benzene rings is 3. The van der Waals surface area contributed by atoms with Crippen molar-refractivity contribution in [2.45, 2.75) is 38.6 Å². The van der Waals surface area contributed by atoms with Crippen LogP contribution in [0.15, 0.2) is 77.7 Å². The molecule has 6 heteroatoms. The Hall–Kier alpha value is -3.12. The number of sulfonamides is 1. The number of rotatable bonds is 7. The summed E-state index contributed by atoms with van der Waals surface area (Å²) in [6, 6.07) is 21.4. The molecule has 3 aromatic rings. The van der Waals surface area contributed by atoms with Crippen molar-refractivity contribution in [3.05, 3.63) is 95.1 Å². The lowest BCUT2D eigenvalue weighted by Crippen LogP contribution is -2.42. The van der Waals surface area contributed by atoms with Crippen LogP contribution < -0.4 is 9.62 Å². The van der Waals surface area contributed by atoms with Gasteiger partial charge in [0.25, 0.3) is 10.0 Å². The second-order valence-corrected chi connectivity index (χ2v) is 9.68. The van der Waals surface area contributed by atoms with E-state index in [9.17, 15) is 13.2 Å². The maximum atomic E-state index is 13.5. The molecule has 31 heavy (non-hydrogen) atoms. The fourth-order valence-corrected chi connectivity index (χ4v) is 4.86. The Labute approximate surface area is 184 Å². The van der Waals surface area contributed by atoms with Crippen LogP contribution in [0.4, 0.5) is 5.69 Å². The molecule has 162 valence electrons. The molecular formula is C25H28N2O3S. The maximum Gasteiger partial charge on any atom is 0.264 e. The highest BCUT2D eigenvalue weighted by Crippen LogP contribution is 2.28. The first kappa shape index (κ1) is 22.6. The predicted molar refractivity (Wildman–Crippen MR) is 125 cm³/mol. The lowest BCUT2D eigenvalue weighted by atomic mass is 10.1. The highest BCUT2D eigenvalue weighted by atomic mass is 32.2. The average molecular weight is 437 g/mol. The van der Waals surface area contributed by atoms with Crippen LogP contribution in [-0.4, -0.2) is 20.9 Å². The first-order chi connectivity index (χ1) is 14.7. The average Bonchev–Trinajstić information content (AvgIpc) is 2.75. The van der Waals surface area contributed by atoms with E-state index in [-0.39, 0.29) is 23.4 Å². The summed E-state index contributed by atoms with van der Waals surface area (Å²) in [6.07, 6.45) is 0. The van der Waals surface area contributed by atoms with Gasteiger partial charge in [0.15, 0.2) is 0 Å². The fraction of sp³-hybridized carbons (Fsp3) is 0.240. The highest BCUT2D eigenvalue weighted by molar-refractivity contribution is 7.92. The van der Waals surface area contributed by atoms with Gasteiger partial charge in [0.2, 0.25) is 5.91 Å². The van der Waals surface area contributed by atoms with Crippen LogP contribution >= 0.6 is 0 Å². The van der Waals surface area contributed by atoms with Crippen LogP contribution in [0.5, 0.6) is 0 Å². The van der Waals surface area contributed by atoms with E-state index in [1.54, 1.807) is 36.4 Å². The van der Waals surface area contributed by atoms with Gasteiger partial charge in [0.1, 0.15) is 6.54 Å². The van der Waals surface area contributed by atoms with E-state index < -0.39 is 10.0 Å². The zero-order chi connectivity index (χ0) is 22.6. The van der Waals surface area contributed by atoms with Crippen LogP contribution in [0, 0.1) is 20.8 Å². The van der Waals surface area contributed by atoms with Crippen LogP contribution in [0.1, 0.15) is 35.2 Å². The molecule has 0 spiro atoms. The highest BCUT2D eigenvalue weighted by Gasteiger charge is 2.28. The molecule has 1 amide bonds. The second kappa shape index (κ2) is 9.35. The van der Waals surface area contributed by atoms with Gasteiger partial charge in [-0.05, 0) is 62.6 Å². The molecule has 1 atom stereocenters. The molecule has 0 bridgehead atoms. The molecule has 5 nitrogen and oxygen atoms in total. The van der Waals surface area contributed by atoms with Crippen molar-refractivity contribution in [1.29, 1.82) is 0 Å². The van der Waals surface area contributed by atoms with Crippen LogP contribution in [0.25, 0.3) is 0 Å². The number of hydrogen-bond donors (Lipinski definition) is 1. The molecule has 1 N–H and O–H groups in total. The van der Waals surface area contributed by atoms with Crippen molar-refractivity contribution >= 4 is 21.6 Å². The van der Waals surface area contributed by atoms with Gasteiger partial charge >= 0.3 is 0 Å². The summed E-state index contributed by atoms with van der Waals surface area (Å²) >= 11 is 0.